The fourth-order valence-electron chi connectivity index (χ4n) is 4.73. The highest BCUT2D eigenvalue weighted by Gasteiger charge is 2.47. The van der Waals surface area contributed by atoms with Gasteiger partial charge >= 0.3 is 6.18 Å². The largest absolute Gasteiger partial charge is 0.416 e. The van der Waals surface area contributed by atoms with Crippen LogP contribution in [0.15, 0.2) is 18.2 Å². The summed E-state index contributed by atoms with van der Waals surface area (Å²) in [5.41, 5.74) is -0.410. The summed E-state index contributed by atoms with van der Waals surface area (Å²) in [7, 11) is 0. The zero-order valence-corrected chi connectivity index (χ0v) is 15.8. The van der Waals surface area contributed by atoms with Gasteiger partial charge in [0.25, 0.3) is 0 Å². The zero-order chi connectivity index (χ0) is 20.1. The Bertz CT molecular complexity index is 824. The lowest BCUT2D eigenvalue weighted by Gasteiger charge is -2.24. The number of hydrogen-bond acceptors (Lipinski definition) is 4. The second-order valence-corrected chi connectivity index (χ2v) is 8.22. The minimum Gasteiger partial charge on any atom is -0.371 e. The average molecular weight is 413 g/mol. The van der Waals surface area contributed by atoms with Crippen molar-refractivity contribution in [1.29, 1.82) is 5.26 Å². The van der Waals surface area contributed by atoms with Gasteiger partial charge in [0.2, 0.25) is 5.91 Å². The first-order valence-corrected chi connectivity index (χ1v) is 9.75. The predicted octanol–water partition coefficient (Wildman–Crippen LogP) is 3.39. The van der Waals surface area contributed by atoms with Crippen molar-refractivity contribution in [2.24, 2.45) is 5.92 Å². The number of hydrogen-bond donors (Lipinski definition) is 1. The number of benzene rings is 1. The first kappa shape index (κ1) is 19.2. The Hall–Kier alpha value is -2.14. The standard InChI is InChI=1S/C19H20ClF3N4O/c20-13-5-12(19(21,22)23)6-15(7-13)26-4-3-11(9-26)18(28)25-16-8-14-1-2-17(16)27(14)10-24/h5-7,11,14,16-17H,1-4,8-9H2,(H,25,28)/t11-,14-,16+,17+/m0/s1. The Kier molecular flexibility index (Phi) is 4.82. The molecule has 3 saturated heterocycles. The molecule has 3 fully saturated rings. The van der Waals surface area contributed by atoms with Crippen LogP contribution in [0.3, 0.4) is 0 Å². The molecule has 0 aliphatic carbocycles. The summed E-state index contributed by atoms with van der Waals surface area (Å²) in [5, 5.41) is 12.3. The maximum atomic E-state index is 13.0. The van der Waals surface area contributed by atoms with Crippen molar-refractivity contribution in [1.82, 2.24) is 10.2 Å². The number of rotatable bonds is 3. The SMILES string of the molecule is N#CN1[C@H]2CC[C@@H]1[C@H](NC(=O)[C@H]1CCN(c3cc(Cl)cc(C(F)(F)F)c3)C1)C2. The first-order valence-electron chi connectivity index (χ1n) is 9.37. The van der Waals surface area contributed by atoms with Crippen LogP contribution >= 0.6 is 11.6 Å². The van der Waals surface area contributed by atoms with Gasteiger partial charge in [0.1, 0.15) is 0 Å². The maximum Gasteiger partial charge on any atom is 0.416 e. The molecule has 4 atom stereocenters. The Labute approximate surface area is 166 Å². The van der Waals surface area contributed by atoms with Gasteiger partial charge in [-0.25, -0.2) is 0 Å². The molecular weight excluding hydrogens is 393 g/mol. The molecule has 0 aromatic heterocycles. The second-order valence-electron chi connectivity index (χ2n) is 7.78. The van der Waals surface area contributed by atoms with Crippen LogP contribution in [0.25, 0.3) is 0 Å². The number of anilines is 1. The van der Waals surface area contributed by atoms with Gasteiger partial charge in [-0.15, -0.1) is 0 Å². The van der Waals surface area contributed by atoms with Crippen molar-refractivity contribution in [3.63, 3.8) is 0 Å². The van der Waals surface area contributed by atoms with Crippen molar-refractivity contribution >= 4 is 23.2 Å². The van der Waals surface area contributed by atoms with Crippen LogP contribution in [0.5, 0.6) is 0 Å². The lowest BCUT2D eigenvalue weighted by Crippen LogP contribution is -2.46. The highest BCUT2D eigenvalue weighted by Crippen LogP contribution is 2.38. The fourth-order valence-corrected chi connectivity index (χ4v) is 4.96. The molecular formula is C19H20ClF3N4O. The molecule has 0 radical (unpaired) electrons. The van der Waals surface area contributed by atoms with Crippen LogP contribution in [-0.2, 0) is 11.0 Å². The van der Waals surface area contributed by atoms with E-state index in [-0.39, 0.29) is 35.0 Å². The van der Waals surface area contributed by atoms with E-state index in [1.807, 2.05) is 0 Å². The van der Waals surface area contributed by atoms with E-state index < -0.39 is 11.7 Å². The molecule has 4 rings (SSSR count). The predicted molar refractivity (Wildman–Crippen MR) is 97.6 cm³/mol. The number of carbonyl (C=O) groups is 1. The topological polar surface area (TPSA) is 59.4 Å². The number of nitrogens with one attached hydrogen (secondary N) is 1. The van der Waals surface area contributed by atoms with Crippen LogP contribution in [-0.4, -0.2) is 42.0 Å². The van der Waals surface area contributed by atoms with Gasteiger partial charge in [-0.3, -0.25) is 4.79 Å². The number of halogens is 4. The lowest BCUT2D eigenvalue weighted by molar-refractivity contribution is -0.137. The van der Waals surface area contributed by atoms with Crippen LogP contribution in [0.1, 0.15) is 31.2 Å². The highest BCUT2D eigenvalue weighted by molar-refractivity contribution is 6.31. The molecule has 0 spiro atoms. The van der Waals surface area contributed by atoms with E-state index in [1.165, 1.54) is 6.07 Å². The number of amides is 1. The lowest BCUT2D eigenvalue weighted by atomic mass is 9.95. The summed E-state index contributed by atoms with van der Waals surface area (Å²) in [5.74, 6) is -0.376. The number of alkyl halides is 3. The number of nitrogens with zero attached hydrogens (tertiary/aromatic N) is 3. The molecule has 150 valence electrons. The molecule has 28 heavy (non-hydrogen) atoms. The molecule has 3 aliphatic heterocycles. The van der Waals surface area contributed by atoms with E-state index in [0.717, 1.165) is 31.4 Å². The third-order valence-electron chi connectivity index (χ3n) is 6.11. The molecule has 9 heteroatoms. The van der Waals surface area contributed by atoms with Gasteiger partial charge in [-0.2, -0.15) is 18.4 Å². The van der Waals surface area contributed by atoms with Crippen molar-refractivity contribution < 1.29 is 18.0 Å². The molecule has 5 nitrogen and oxygen atoms in total. The monoisotopic (exact) mass is 412 g/mol. The molecule has 0 saturated carbocycles. The van der Waals surface area contributed by atoms with Gasteiger partial charge in [0.05, 0.1) is 23.6 Å². The van der Waals surface area contributed by atoms with Crippen molar-refractivity contribution in [3.8, 4) is 6.19 Å². The summed E-state index contributed by atoms with van der Waals surface area (Å²) in [6.45, 7) is 0.850. The van der Waals surface area contributed by atoms with Crippen LogP contribution < -0.4 is 10.2 Å². The normalized spacial score (nSPS) is 29.2. The van der Waals surface area contributed by atoms with Gasteiger partial charge < -0.3 is 15.1 Å². The molecule has 3 aliphatic rings. The average Bonchev–Trinajstić information content (AvgIpc) is 3.34. The van der Waals surface area contributed by atoms with E-state index in [0.29, 0.717) is 25.2 Å². The molecule has 1 aromatic carbocycles. The molecule has 0 unspecified atom stereocenters. The Balaban J connectivity index is 1.40. The fraction of sp³-hybridized carbons (Fsp3) is 0.579. The minimum absolute atomic E-state index is 0.0244. The van der Waals surface area contributed by atoms with Gasteiger partial charge in [-0.1, -0.05) is 11.6 Å². The third kappa shape index (κ3) is 3.48. The molecule has 1 amide bonds. The van der Waals surface area contributed by atoms with Crippen molar-refractivity contribution in [2.45, 2.75) is 50.0 Å². The van der Waals surface area contributed by atoms with E-state index in [1.54, 1.807) is 9.80 Å². The van der Waals surface area contributed by atoms with Crippen molar-refractivity contribution in [3.05, 3.63) is 28.8 Å². The first-order chi connectivity index (χ1) is 13.3. The second kappa shape index (κ2) is 7.03. The Morgan fingerprint density at radius 1 is 1.25 bits per heavy atom. The van der Waals surface area contributed by atoms with Crippen LogP contribution in [0.4, 0.5) is 18.9 Å². The molecule has 2 bridgehead atoms. The zero-order valence-electron chi connectivity index (χ0n) is 15.0. The Morgan fingerprint density at radius 2 is 2.04 bits per heavy atom. The summed E-state index contributed by atoms with van der Waals surface area (Å²) in [6.07, 6.45) is 0.995. The van der Waals surface area contributed by atoms with E-state index in [9.17, 15) is 23.2 Å². The van der Waals surface area contributed by atoms with E-state index >= 15 is 0 Å². The molecule has 1 aromatic rings. The summed E-state index contributed by atoms with van der Waals surface area (Å²) >= 11 is 5.87. The number of carbonyl (C=O) groups excluding carboxylic acids is 1. The number of nitriles is 1. The summed E-state index contributed by atoms with van der Waals surface area (Å²) < 4.78 is 39.1. The summed E-state index contributed by atoms with van der Waals surface area (Å²) in [4.78, 5) is 16.3. The quantitative estimate of drug-likeness (QED) is 0.773. The van der Waals surface area contributed by atoms with Gasteiger partial charge in [-0.05, 0) is 43.9 Å². The van der Waals surface area contributed by atoms with Crippen LogP contribution in [0, 0.1) is 17.4 Å². The smallest absolute Gasteiger partial charge is 0.371 e. The molecule has 3 heterocycles. The Morgan fingerprint density at radius 3 is 2.71 bits per heavy atom. The minimum atomic E-state index is -4.47. The van der Waals surface area contributed by atoms with Crippen molar-refractivity contribution in [2.75, 3.05) is 18.0 Å². The third-order valence-corrected chi connectivity index (χ3v) is 6.33. The summed E-state index contributed by atoms with van der Waals surface area (Å²) in [6, 6.07) is 3.74. The van der Waals surface area contributed by atoms with Gasteiger partial charge in [0.15, 0.2) is 6.19 Å². The van der Waals surface area contributed by atoms with E-state index in [4.69, 9.17) is 11.6 Å². The maximum absolute atomic E-state index is 13.0. The molecule has 1 N–H and O–H groups in total. The number of fused-ring (bicyclic) bond motifs is 2. The van der Waals surface area contributed by atoms with E-state index in [2.05, 4.69) is 11.5 Å². The highest BCUT2D eigenvalue weighted by atomic mass is 35.5. The van der Waals surface area contributed by atoms with Crippen LogP contribution in [0.2, 0.25) is 5.02 Å². The van der Waals surface area contributed by atoms with Gasteiger partial charge in [0, 0.05) is 29.8 Å².